The predicted octanol–water partition coefficient (Wildman–Crippen LogP) is 3.25. The maximum atomic E-state index is 13.8. The molecule has 0 saturated carbocycles. The van der Waals surface area contributed by atoms with Gasteiger partial charge in [-0.1, -0.05) is 74.5 Å². The molecule has 0 aliphatic heterocycles. The van der Waals surface area contributed by atoms with E-state index in [1.54, 1.807) is 16.8 Å². The molecule has 2 aromatic carbocycles. The number of nitrogens with zero attached hydrogens (tertiary/aromatic N) is 1. The highest BCUT2D eigenvalue weighted by Crippen LogP contribution is 2.48. The normalized spacial score (nSPS) is 15.0. The Hall–Kier alpha value is -1.94. The molecule has 0 aromatic heterocycles. The van der Waals surface area contributed by atoms with Gasteiger partial charge in [-0.25, -0.2) is 10.2 Å². The standard InChI is InChI=1S/C19H25N2O3P/c1-15(2)18(19(22)20-23)21(14-16-10-6-4-7-11-16)25(3,24)17-12-8-5-9-13-17/h4-13,15,18,23H,14H2,1-3H3,(H,20,22)/t18-,25-/m1/s1. The number of hydrogen-bond acceptors (Lipinski definition) is 3. The van der Waals surface area contributed by atoms with E-state index in [9.17, 15) is 14.6 Å². The fourth-order valence-electron chi connectivity index (χ4n) is 2.94. The molecule has 134 valence electrons. The van der Waals surface area contributed by atoms with Crippen molar-refractivity contribution in [1.82, 2.24) is 10.2 Å². The minimum Gasteiger partial charge on any atom is -0.302 e. The summed E-state index contributed by atoms with van der Waals surface area (Å²) < 4.78 is 15.5. The Morgan fingerprint density at radius 2 is 1.60 bits per heavy atom. The zero-order valence-corrected chi connectivity index (χ0v) is 15.7. The van der Waals surface area contributed by atoms with Gasteiger partial charge in [-0.15, -0.1) is 0 Å². The first-order valence-electron chi connectivity index (χ1n) is 8.26. The van der Waals surface area contributed by atoms with E-state index >= 15 is 0 Å². The number of hydroxylamine groups is 1. The fraction of sp³-hybridized carbons (Fsp3) is 0.316. The molecule has 2 N–H and O–H groups in total. The molecule has 2 aromatic rings. The minimum absolute atomic E-state index is 0.132. The molecule has 0 spiro atoms. The first kappa shape index (κ1) is 19.4. The van der Waals surface area contributed by atoms with Gasteiger partial charge in [0.25, 0.3) is 5.91 Å². The van der Waals surface area contributed by atoms with E-state index in [2.05, 4.69) is 0 Å². The minimum atomic E-state index is -3.04. The zero-order valence-electron chi connectivity index (χ0n) is 14.8. The summed E-state index contributed by atoms with van der Waals surface area (Å²) in [6.07, 6.45) is 0. The summed E-state index contributed by atoms with van der Waals surface area (Å²) >= 11 is 0. The summed E-state index contributed by atoms with van der Waals surface area (Å²) in [5.74, 6) is -0.684. The molecular weight excluding hydrogens is 335 g/mol. The summed E-state index contributed by atoms with van der Waals surface area (Å²) in [6.45, 7) is 5.77. The van der Waals surface area contributed by atoms with Crippen LogP contribution in [0.15, 0.2) is 60.7 Å². The Bertz CT molecular complexity index is 735. The van der Waals surface area contributed by atoms with E-state index in [0.29, 0.717) is 11.8 Å². The van der Waals surface area contributed by atoms with Crippen molar-refractivity contribution >= 4 is 18.5 Å². The zero-order chi connectivity index (χ0) is 18.4. The van der Waals surface area contributed by atoms with Crippen LogP contribution in [0.1, 0.15) is 19.4 Å². The molecule has 25 heavy (non-hydrogen) atoms. The molecule has 6 heteroatoms. The Kier molecular flexibility index (Phi) is 6.54. The summed E-state index contributed by atoms with van der Waals surface area (Å²) in [7, 11) is -3.04. The van der Waals surface area contributed by atoms with Gasteiger partial charge in [0.05, 0.1) is 6.04 Å². The SMILES string of the molecule is CC(C)[C@H](C(=O)NO)N(Cc1ccccc1)[P@](C)(=O)c1ccccc1. The van der Waals surface area contributed by atoms with E-state index in [0.717, 1.165) is 5.56 Å². The first-order valence-corrected chi connectivity index (χ1v) is 10.4. The Balaban J connectivity index is 2.51. The van der Waals surface area contributed by atoms with E-state index in [1.165, 1.54) is 0 Å². The lowest BCUT2D eigenvalue weighted by Gasteiger charge is -2.37. The van der Waals surface area contributed by atoms with E-state index < -0.39 is 19.2 Å². The molecular formula is C19H25N2O3P. The number of amides is 1. The number of benzene rings is 2. The van der Waals surface area contributed by atoms with Crippen molar-refractivity contribution in [3.05, 3.63) is 66.2 Å². The van der Waals surface area contributed by atoms with Crippen molar-refractivity contribution in [3.8, 4) is 0 Å². The lowest BCUT2D eigenvalue weighted by Crippen LogP contribution is -2.48. The molecule has 0 unspecified atom stereocenters. The van der Waals surface area contributed by atoms with Crippen LogP contribution in [0, 0.1) is 5.92 Å². The third kappa shape index (κ3) is 4.57. The molecule has 0 aliphatic rings. The second-order valence-corrected chi connectivity index (χ2v) is 9.25. The highest BCUT2D eigenvalue weighted by molar-refractivity contribution is 7.68. The summed E-state index contributed by atoms with van der Waals surface area (Å²) in [5, 5.41) is 9.87. The van der Waals surface area contributed by atoms with Crippen molar-refractivity contribution < 1.29 is 14.6 Å². The van der Waals surface area contributed by atoms with Gasteiger partial charge in [0.15, 0.2) is 7.29 Å². The highest BCUT2D eigenvalue weighted by atomic mass is 31.2. The smallest absolute Gasteiger partial charge is 0.261 e. The van der Waals surface area contributed by atoms with Crippen LogP contribution in [-0.4, -0.2) is 28.5 Å². The van der Waals surface area contributed by atoms with Gasteiger partial charge in [0.1, 0.15) is 0 Å². The van der Waals surface area contributed by atoms with Crippen molar-refractivity contribution in [2.75, 3.05) is 6.66 Å². The third-order valence-corrected chi connectivity index (χ3v) is 6.87. The molecule has 0 heterocycles. The van der Waals surface area contributed by atoms with Crippen molar-refractivity contribution in [2.24, 2.45) is 5.92 Å². The number of nitrogens with one attached hydrogen (secondary N) is 1. The molecule has 0 fully saturated rings. The number of rotatable bonds is 7. The second kappa shape index (κ2) is 8.43. The van der Waals surface area contributed by atoms with Gasteiger partial charge < -0.3 is 4.57 Å². The molecule has 0 aliphatic carbocycles. The Morgan fingerprint density at radius 1 is 1.08 bits per heavy atom. The molecule has 2 rings (SSSR count). The first-order chi connectivity index (χ1) is 11.9. The average Bonchev–Trinajstić information content (AvgIpc) is 2.62. The van der Waals surface area contributed by atoms with Crippen molar-refractivity contribution in [2.45, 2.75) is 26.4 Å². The van der Waals surface area contributed by atoms with Gasteiger partial charge >= 0.3 is 0 Å². The number of carbonyl (C=O) groups excluding carboxylic acids is 1. The average molecular weight is 360 g/mol. The van der Waals surface area contributed by atoms with Gasteiger partial charge in [0.2, 0.25) is 0 Å². The maximum Gasteiger partial charge on any atom is 0.261 e. The molecule has 5 nitrogen and oxygen atoms in total. The molecule has 0 radical (unpaired) electrons. The van der Waals surface area contributed by atoms with Crippen LogP contribution < -0.4 is 10.8 Å². The van der Waals surface area contributed by atoms with Gasteiger partial charge in [0, 0.05) is 18.5 Å². The topological polar surface area (TPSA) is 69.6 Å². The quantitative estimate of drug-likeness (QED) is 0.452. The number of hydrogen-bond donors (Lipinski definition) is 2. The monoisotopic (exact) mass is 360 g/mol. The molecule has 0 saturated heterocycles. The lowest BCUT2D eigenvalue weighted by atomic mass is 10.0. The van der Waals surface area contributed by atoms with Crippen molar-refractivity contribution in [3.63, 3.8) is 0 Å². The molecule has 2 atom stereocenters. The maximum absolute atomic E-state index is 13.8. The highest BCUT2D eigenvalue weighted by Gasteiger charge is 2.38. The van der Waals surface area contributed by atoms with Crippen LogP contribution in [-0.2, 0) is 15.9 Å². The van der Waals surface area contributed by atoms with Crippen LogP contribution in [0.4, 0.5) is 0 Å². The third-order valence-electron chi connectivity index (χ3n) is 4.24. The molecule has 0 bridgehead atoms. The number of carbonyl (C=O) groups is 1. The summed E-state index contributed by atoms with van der Waals surface area (Å²) in [5.41, 5.74) is 2.69. The van der Waals surface area contributed by atoms with E-state index in [-0.39, 0.29) is 5.92 Å². The van der Waals surface area contributed by atoms with Crippen LogP contribution in [0.5, 0.6) is 0 Å². The van der Waals surface area contributed by atoms with Gasteiger partial charge in [-0.2, -0.15) is 0 Å². The van der Waals surface area contributed by atoms with Crippen LogP contribution >= 0.6 is 7.29 Å². The Morgan fingerprint density at radius 3 is 2.08 bits per heavy atom. The van der Waals surface area contributed by atoms with Crippen molar-refractivity contribution in [1.29, 1.82) is 0 Å². The van der Waals surface area contributed by atoms with Crippen LogP contribution in [0.2, 0.25) is 0 Å². The predicted molar refractivity (Wildman–Crippen MR) is 100 cm³/mol. The van der Waals surface area contributed by atoms with E-state index in [1.807, 2.05) is 74.5 Å². The van der Waals surface area contributed by atoms with E-state index in [4.69, 9.17) is 0 Å². The lowest BCUT2D eigenvalue weighted by molar-refractivity contribution is -0.134. The van der Waals surface area contributed by atoms with Gasteiger partial charge in [-0.05, 0) is 11.5 Å². The Labute approximate surface area is 149 Å². The largest absolute Gasteiger partial charge is 0.302 e. The van der Waals surface area contributed by atoms with Crippen LogP contribution in [0.3, 0.4) is 0 Å². The second-order valence-electron chi connectivity index (χ2n) is 6.46. The summed E-state index contributed by atoms with van der Waals surface area (Å²) in [6, 6.07) is 18.0. The summed E-state index contributed by atoms with van der Waals surface area (Å²) in [4.78, 5) is 12.3. The van der Waals surface area contributed by atoms with Crippen LogP contribution in [0.25, 0.3) is 0 Å². The fourth-order valence-corrected chi connectivity index (χ4v) is 5.24. The van der Waals surface area contributed by atoms with Gasteiger partial charge in [-0.3, -0.25) is 10.0 Å². The molecule has 1 amide bonds.